The summed E-state index contributed by atoms with van der Waals surface area (Å²) in [6.07, 6.45) is 9.30. The van der Waals surface area contributed by atoms with Gasteiger partial charge in [0, 0.05) is 13.0 Å². The quantitative estimate of drug-likeness (QED) is 0.567. The van der Waals surface area contributed by atoms with Gasteiger partial charge in [-0.3, -0.25) is 4.79 Å². The number of unbranched alkanes of at least 4 members (excludes halogenated alkanes) is 5. The molecule has 1 rings (SSSR count). The van der Waals surface area contributed by atoms with E-state index in [9.17, 15) is 9.90 Å². The maximum atomic E-state index is 11.5. The number of amides is 1. The zero-order valence-corrected chi connectivity index (χ0v) is 14.6. The number of hydrogen-bond acceptors (Lipinski definition) is 3. The first-order chi connectivity index (χ1) is 11.2. The highest BCUT2D eigenvalue weighted by molar-refractivity contribution is 5.75. The van der Waals surface area contributed by atoms with E-state index in [1.54, 1.807) is 13.2 Å². The first kappa shape index (κ1) is 19.3. The van der Waals surface area contributed by atoms with Gasteiger partial charge in [0.05, 0.1) is 7.11 Å². The van der Waals surface area contributed by atoms with E-state index in [-0.39, 0.29) is 11.7 Å². The number of carbonyl (C=O) groups excluding carboxylic acids is 1. The Hall–Kier alpha value is -1.71. The third kappa shape index (κ3) is 8.48. The molecule has 23 heavy (non-hydrogen) atoms. The fourth-order valence-electron chi connectivity index (χ4n) is 2.53. The number of carbonyl (C=O) groups is 1. The monoisotopic (exact) mass is 321 g/mol. The van der Waals surface area contributed by atoms with Crippen molar-refractivity contribution in [1.29, 1.82) is 0 Å². The van der Waals surface area contributed by atoms with Gasteiger partial charge in [0.15, 0.2) is 11.5 Å². The van der Waals surface area contributed by atoms with Crippen molar-refractivity contribution in [3.63, 3.8) is 0 Å². The van der Waals surface area contributed by atoms with Crippen LogP contribution in [0.15, 0.2) is 18.2 Å². The van der Waals surface area contributed by atoms with Gasteiger partial charge in [-0.15, -0.1) is 0 Å². The molecule has 2 N–H and O–H groups in total. The molecule has 0 saturated heterocycles. The van der Waals surface area contributed by atoms with Crippen LogP contribution < -0.4 is 10.1 Å². The normalized spacial score (nSPS) is 10.5. The van der Waals surface area contributed by atoms with Crippen molar-refractivity contribution in [3.05, 3.63) is 23.8 Å². The lowest BCUT2D eigenvalue weighted by molar-refractivity contribution is -0.121. The lowest BCUT2D eigenvalue weighted by Gasteiger charge is -2.06. The number of phenols is 1. The Morgan fingerprint density at radius 1 is 1.13 bits per heavy atom. The van der Waals surface area contributed by atoms with Crippen LogP contribution in [0, 0.1) is 0 Å². The van der Waals surface area contributed by atoms with E-state index >= 15 is 0 Å². The summed E-state index contributed by atoms with van der Waals surface area (Å²) in [6, 6.07) is 5.58. The minimum Gasteiger partial charge on any atom is -0.504 e. The summed E-state index contributed by atoms with van der Waals surface area (Å²) in [7, 11) is 1.55. The number of phenolic OH excluding ortho intramolecular Hbond substituents is 1. The molecule has 0 radical (unpaired) electrons. The maximum Gasteiger partial charge on any atom is 0.219 e. The summed E-state index contributed by atoms with van der Waals surface area (Å²) in [5.74, 6) is 0.914. The van der Waals surface area contributed by atoms with Crippen LogP contribution in [0.4, 0.5) is 0 Å². The Morgan fingerprint density at radius 3 is 2.57 bits per heavy atom. The van der Waals surface area contributed by atoms with Crippen molar-refractivity contribution in [2.75, 3.05) is 13.7 Å². The summed E-state index contributed by atoms with van der Waals surface area (Å²) in [4.78, 5) is 11.5. The third-order valence-corrected chi connectivity index (χ3v) is 3.97. The molecule has 0 saturated carbocycles. The smallest absolute Gasteiger partial charge is 0.219 e. The number of nitrogens with one attached hydrogen (secondary N) is 1. The van der Waals surface area contributed by atoms with Gasteiger partial charge in [0.25, 0.3) is 0 Å². The molecule has 130 valence electrons. The number of ether oxygens (including phenoxy) is 1. The van der Waals surface area contributed by atoms with Gasteiger partial charge >= 0.3 is 0 Å². The third-order valence-electron chi connectivity index (χ3n) is 3.97. The second kappa shape index (κ2) is 11.8. The second-order valence-electron chi connectivity index (χ2n) is 5.98. The minimum atomic E-state index is 0.187. The molecule has 0 heterocycles. The lowest BCUT2D eigenvalue weighted by atomic mass is 10.0. The van der Waals surface area contributed by atoms with E-state index in [2.05, 4.69) is 12.2 Å². The van der Waals surface area contributed by atoms with E-state index in [0.29, 0.717) is 12.2 Å². The highest BCUT2D eigenvalue weighted by Gasteiger charge is 2.03. The van der Waals surface area contributed by atoms with E-state index in [4.69, 9.17) is 4.74 Å². The number of aromatic hydroxyl groups is 1. The van der Waals surface area contributed by atoms with Crippen molar-refractivity contribution < 1.29 is 14.6 Å². The molecule has 0 aliphatic rings. The van der Waals surface area contributed by atoms with Gasteiger partial charge in [-0.1, -0.05) is 38.7 Å². The molecule has 0 spiro atoms. The summed E-state index contributed by atoms with van der Waals surface area (Å²) in [5, 5.41) is 12.7. The van der Waals surface area contributed by atoms with Crippen molar-refractivity contribution in [2.24, 2.45) is 0 Å². The Balaban J connectivity index is 2.03. The standard InChI is InChI=1S/C19H31NO3/c1-3-4-14-20-19(22)11-9-7-5-6-8-10-16-12-13-18(23-2)17(21)15-16/h12-13,15,21H,3-11,14H2,1-2H3,(H,20,22). The molecule has 0 aliphatic carbocycles. The van der Waals surface area contributed by atoms with Crippen LogP contribution in [0.2, 0.25) is 0 Å². The maximum absolute atomic E-state index is 11.5. The van der Waals surface area contributed by atoms with E-state index in [0.717, 1.165) is 63.5 Å². The molecule has 4 heteroatoms. The molecule has 0 aromatic heterocycles. The van der Waals surface area contributed by atoms with Crippen LogP contribution in [0.5, 0.6) is 11.5 Å². The first-order valence-electron chi connectivity index (χ1n) is 8.80. The van der Waals surface area contributed by atoms with Crippen LogP contribution in [0.1, 0.15) is 63.9 Å². The van der Waals surface area contributed by atoms with Crippen molar-refractivity contribution in [1.82, 2.24) is 5.32 Å². The topological polar surface area (TPSA) is 58.6 Å². The number of methoxy groups -OCH3 is 1. The molecule has 0 unspecified atom stereocenters. The Bertz CT molecular complexity index is 460. The summed E-state index contributed by atoms with van der Waals surface area (Å²) in [5.41, 5.74) is 1.14. The molecule has 1 aromatic rings. The van der Waals surface area contributed by atoms with Crippen molar-refractivity contribution >= 4 is 5.91 Å². The van der Waals surface area contributed by atoms with Gasteiger partial charge in [0.1, 0.15) is 0 Å². The van der Waals surface area contributed by atoms with E-state index < -0.39 is 0 Å². The molecule has 0 fully saturated rings. The summed E-state index contributed by atoms with van der Waals surface area (Å²) >= 11 is 0. The van der Waals surface area contributed by atoms with Gasteiger partial charge in [-0.2, -0.15) is 0 Å². The summed E-state index contributed by atoms with van der Waals surface area (Å²) < 4.78 is 5.04. The number of hydrogen-bond donors (Lipinski definition) is 2. The number of aryl methyl sites for hydroxylation is 1. The predicted octanol–water partition coefficient (Wildman–Crippen LogP) is 4.20. The second-order valence-corrected chi connectivity index (χ2v) is 5.98. The van der Waals surface area contributed by atoms with Crippen LogP contribution in [0.3, 0.4) is 0 Å². The zero-order chi connectivity index (χ0) is 16.9. The zero-order valence-electron chi connectivity index (χ0n) is 14.6. The molecule has 0 bridgehead atoms. The molecule has 4 nitrogen and oxygen atoms in total. The average molecular weight is 321 g/mol. The lowest BCUT2D eigenvalue weighted by Crippen LogP contribution is -2.23. The van der Waals surface area contributed by atoms with Gasteiger partial charge in [-0.05, 0) is 43.4 Å². The Kier molecular flexibility index (Phi) is 9.92. The minimum absolute atomic E-state index is 0.187. The molecule has 1 aromatic carbocycles. The van der Waals surface area contributed by atoms with Crippen molar-refractivity contribution in [3.8, 4) is 11.5 Å². The van der Waals surface area contributed by atoms with E-state index in [1.807, 2.05) is 12.1 Å². The summed E-state index contributed by atoms with van der Waals surface area (Å²) in [6.45, 7) is 2.93. The predicted molar refractivity (Wildman–Crippen MR) is 94.0 cm³/mol. The van der Waals surface area contributed by atoms with Gasteiger partial charge in [-0.25, -0.2) is 0 Å². The van der Waals surface area contributed by atoms with Crippen molar-refractivity contribution in [2.45, 2.75) is 64.7 Å². The fourth-order valence-corrected chi connectivity index (χ4v) is 2.53. The first-order valence-corrected chi connectivity index (χ1v) is 8.80. The van der Waals surface area contributed by atoms with Gasteiger partial charge in [0.2, 0.25) is 5.91 Å². The highest BCUT2D eigenvalue weighted by Crippen LogP contribution is 2.26. The van der Waals surface area contributed by atoms with Crippen LogP contribution in [-0.4, -0.2) is 24.7 Å². The largest absolute Gasteiger partial charge is 0.504 e. The van der Waals surface area contributed by atoms with Crippen LogP contribution in [-0.2, 0) is 11.2 Å². The number of benzene rings is 1. The van der Waals surface area contributed by atoms with E-state index in [1.165, 1.54) is 0 Å². The molecular weight excluding hydrogens is 290 g/mol. The Morgan fingerprint density at radius 2 is 1.87 bits per heavy atom. The number of rotatable bonds is 12. The highest BCUT2D eigenvalue weighted by atomic mass is 16.5. The fraction of sp³-hybridized carbons (Fsp3) is 0.632. The average Bonchev–Trinajstić information content (AvgIpc) is 2.54. The SMILES string of the molecule is CCCCNC(=O)CCCCCCCc1ccc(OC)c(O)c1. The van der Waals surface area contributed by atoms with Gasteiger partial charge < -0.3 is 15.2 Å². The molecule has 0 aliphatic heterocycles. The molecule has 1 amide bonds. The molecule has 0 atom stereocenters. The van der Waals surface area contributed by atoms with Crippen LogP contribution >= 0.6 is 0 Å². The van der Waals surface area contributed by atoms with Crippen LogP contribution in [0.25, 0.3) is 0 Å². The molecular formula is C19H31NO3. The Labute approximate surface area is 140 Å².